The summed E-state index contributed by atoms with van der Waals surface area (Å²) < 4.78 is 42.4. The molecule has 0 spiro atoms. The molecule has 10 nitrogen and oxygen atoms in total. The Bertz CT molecular complexity index is 1410. The van der Waals surface area contributed by atoms with Crippen molar-refractivity contribution < 1.29 is 26.7 Å². The maximum Gasteiger partial charge on any atom is 0.385 e. The van der Waals surface area contributed by atoms with Crippen molar-refractivity contribution in [1.29, 1.82) is 5.26 Å². The van der Waals surface area contributed by atoms with Gasteiger partial charge < -0.3 is 13.4 Å². The Balaban J connectivity index is 1.69. The number of hydrogen-bond acceptors (Lipinski definition) is 9. The molecule has 1 aliphatic rings. The number of ether oxygens (including phenoxy) is 1. The Morgan fingerprint density at radius 1 is 1.23 bits per heavy atom. The second-order valence-electron chi connectivity index (χ2n) is 8.35. The lowest BCUT2D eigenvalue weighted by Gasteiger charge is -2.26. The van der Waals surface area contributed by atoms with E-state index in [2.05, 4.69) is 25.1 Å². The molecule has 35 heavy (non-hydrogen) atoms. The maximum atomic E-state index is 12.2. The van der Waals surface area contributed by atoms with Crippen LogP contribution in [-0.4, -0.2) is 30.6 Å². The summed E-state index contributed by atoms with van der Waals surface area (Å²) in [5.41, 5.74) is 3.08. The standard InChI is InChI=1S/C24H24N4O6S/c1-14(2)32-22-12-6-10-19(20(22)13-25)24-26-23(27-33-24)18-9-4-8-17-16(18)7-5-11-21(17)28-35(30,31)34-15(3)29/h4,6,8-10,12,14,21,28H,5,7,11H2,1-3H3. The molecule has 11 heteroatoms. The average molecular weight is 497 g/mol. The molecule has 0 radical (unpaired) electrons. The molecule has 1 atom stereocenters. The van der Waals surface area contributed by atoms with E-state index in [4.69, 9.17) is 9.26 Å². The molecule has 0 aliphatic heterocycles. The molecule has 1 heterocycles. The van der Waals surface area contributed by atoms with Crippen LogP contribution in [0.25, 0.3) is 22.8 Å². The van der Waals surface area contributed by atoms with Crippen LogP contribution >= 0.6 is 0 Å². The minimum atomic E-state index is -4.24. The number of carbonyl (C=O) groups is 1. The van der Waals surface area contributed by atoms with Gasteiger partial charge in [0.2, 0.25) is 5.82 Å². The number of carbonyl (C=O) groups excluding carboxylic acids is 1. The van der Waals surface area contributed by atoms with Gasteiger partial charge in [-0.25, -0.2) is 0 Å². The monoisotopic (exact) mass is 496 g/mol. The first-order valence-corrected chi connectivity index (χ1v) is 12.5. The Labute approximate surface area is 203 Å². The summed E-state index contributed by atoms with van der Waals surface area (Å²) in [7, 11) is -4.24. The molecular weight excluding hydrogens is 472 g/mol. The van der Waals surface area contributed by atoms with Gasteiger partial charge in [0, 0.05) is 12.5 Å². The molecule has 182 valence electrons. The third-order valence-corrected chi connectivity index (χ3v) is 6.45. The minimum absolute atomic E-state index is 0.113. The first-order valence-electron chi connectivity index (χ1n) is 11.1. The molecule has 1 N–H and O–H groups in total. The van der Waals surface area contributed by atoms with E-state index >= 15 is 0 Å². The maximum absolute atomic E-state index is 12.2. The van der Waals surface area contributed by atoms with Gasteiger partial charge in [0.15, 0.2) is 0 Å². The third kappa shape index (κ3) is 5.34. The molecule has 0 saturated heterocycles. The molecule has 1 unspecified atom stereocenters. The summed E-state index contributed by atoms with van der Waals surface area (Å²) in [5, 5.41) is 13.9. The van der Waals surface area contributed by atoms with Gasteiger partial charge in [-0.3, -0.25) is 4.79 Å². The Morgan fingerprint density at radius 3 is 2.69 bits per heavy atom. The molecule has 0 amide bonds. The normalized spacial score (nSPS) is 15.3. The second kappa shape index (κ2) is 9.85. The van der Waals surface area contributed by atoms with Crippen LogP contribution < -0.4 is 9.46 Å². The number of fused-ring (bicyclic) bond motifs is 1. The number of nitriles is 1. The first kappa shape index (κ1) is 24.4. The van der Waals surface area contributed by atoms with Gasteiger partial charge in [-0.15, -0.1) is 0 Å². The summed E-state index contributed by atoms with van der Waals surface area (Å²) in [6.07, 6.45) is 1.82. The zero-order valence-corrected chi connectivity index (χ0v) is 20.3. The van der Waals surface area contributed by atoms with Crippen LogP contribution in [0, 0.1) is 11.3 Å². The van der Waals surface area contributed by atoms with Crippen molar-refractivity contribution in [1.82, 2.24) is 14.9 Å². The number of benzene rings is 2. The molecule has 1 aliphatic carbocycles. The smallest absolute Gasteiger partial charge is 0.385 e. The third-order valence-electron chi connectivity index (χ3n) is 5.42. The number of rotatable bonds is 7. The molecule has 3 aromatic rings. The predicted octanol–water partition coefficient (Wildman–Crippen LogP) is 3.84. The highest BCUT2D eigenvalue weighted by Gasteiger charge is 2.29. The van der Waals surface area contributed by atoms with Gasteiger partial charge in [-0.2, -0.15) is 23.4 Å². The zero-order valence-electron chi connectivity index (χ0n) is 19.4. The van der Waals surface area contributed by atoms with E-state index in [-0.39, 0.29) is 12.0 Å². The van der Waals surface area contributed by atoms with Crippen LogP contribution in [0.3, 0.4) is 0 Å². The number of aromatic nitrogens is 2. The predicted molar refractivity (Wildman–Crippen MR) is 125 cm³/mol. The summed E-state index contributed by atoms with van der Waals surface area (Å²) in [4.78, 5) is 15.7. The molecule has 2 aromatic carbocycles. The molecule has 0 fully saturated rings. The van der Waals surface area contributed by atoms with Crippen LogP contribution in [0.5, 0.6) is 5.75 Å². The highest BCUT2D eigenvalue weighted by Crippen LogP contribution is 2.37. The van der Waals surface area contributed by atoms with Crippen molar-refractivity contribution in [2.45, 2.75) is 52.2 Å². The highest BCUT2D eigenvalue weighted by atomic mass is 32.2. The minimum Gasteiger partial charge on any atom is -0.490 e. The summed E-state index contributed by atoms with van der Waals surface area (Å²) in [5.74, 6) is 0.00616. The van der Waals surface area contributed by atoms with Crippen LogP contribution in [0.1, 0.15) is 56.3 Å². The van der Waals surface area contributed by atoms with Crippen molar-refractivity contribution in [3.8, 4) is 34.7 Å². The van der Waals surface area contributed by atoms with Crippen molar-refractivity contribution in [2.75, 3.05) is 0 Å². The van der Waals surface area contributed by atoms with Gasteiger partial charge in [-0.05, 0) is 56.4 Å². The zero-order chi connectivity index (χ0) is 25.2. The molecular formula is C24H24N4O6S. The van der Waals surface area contributed by atoms with Gasteiger partial charge >= 0.3 is 16.3 Å². The van der Waals surface area contributed by atoms with E-state index in [9.17, 15) is 18.5 Å². The summed E-state index contributed by atoms with van der Waals surface area (Å²) >= 11 is 0. The Morgan fingerprint density at radius 2 is 1.97 bits per heavy atom. The van der Waals surface area contributed by atoms with Crippen LogP contribution in [0.15, 0.2) is 40.9 Å². The number of nitrogens with one attached hydrogen (secondary N) is 1. The van der Waals surface area contributed by atoms with Crippen molar-refractivity contribution in [2.24, 2.45) is 0 Å². The Kier molecular flexibility index (Phi) is 6.86. The quantitative estimate of drug-likeness (QED) is 0.516. The lowest BCUT2D eigenvalue weighted by atomic mass is 9.85. The van der Waals surface area contributed by atoms with Gasteiger partial charge in [0.25, 0.3) is 5.89 Å². The first-order chi connectivity index (χ1) is 16.7. The molecule has 4 rings (SSSR count). The lowest BCUT2D eigenvalue weighted by Crippen LogP contribution is -2.33. The molecule has 1 aromatic heterocycles. The van der Waals surface area contributed by atoms with E-state index in [0.29, 0.717) is 47.5 Å². The van der Waals surface area contributed by atoms with Crippen molar-refractivity contribution in [3.05, 3.63) is 53.1 Å². The van der Waals surface area contributed by atoms with Gasteiger partial charge in [0.05, 0.1) is 17.7 Å². The number of hydrogen-bond donors (Lipinski definition) is 1. The second-order valence-corrected chi connectivity index (χ2v) is 9.66. The van der Waals surface area contributed by atoms with Crippen LogP contribution in [-0.2, 0) is 25.7 Å². The van der Waals surface area contributed by atoms with Crippen LogP contribution in [0.4, 0.5) is 0 Å². The van der Waals surface area contributed by atoms with E-state index in [0.717, 1.165) is 18.1 Å². The van der Waals surface area contributed by atoms with Gasteiger partial charge in [-0.1, -0.05) is 29.4 Å². The largest absolute Gasteiger partial charge is 0.490 e. The van der Waals surface area contributed by atoms with Crippen molar-refractivity contribution >= 4 is 16.3 Å². The lowest BCUT2D eigenvalue weighted by molar-refractivity contribution is -0.131. The van der Waals surface area contributed by atoms with E-state index in [1.54, 1.807) is 24.3 Å². The Hall–Kier alpha value is -3.75. The number of nitrogens with zero attached hydrogens (tertiary/aromatic N) is 3. The van der Waals surface area contributed by atoms with Crippen molar-refractivity contribution in [3.63, 3.8) is 0 Å². The fourth-order valence-electron chi connectivity index (χ4n) is 4.15. The van der Waals surface area contributed by atoms with Gasteiger partial charge in [0.1, 0.15) is 17.4 Å². The fourth-order valence-corrected chi connectivity index (χ4v) is 5.10. The average Bonchev–Trinajstić information content (AvgIpc) is 3.27. The summed E-state index contributed by atoms with van der Waals surface area (Å²) in [6.45, 7) is 4.77. The molecule has 0 bridgehead atoms. The van der Waals surface area contributed by atoms with E-state index < -0.39 is 22.3 Å². The van der Waals surface area contributed by atoms with E-state index in [1.165, 1.54) is 0 Å². The summed E-state index contributed by atoms with van der Waals surface area (Å²) in [6, 6.07) is 12.2. The fraction of sp³-hybridized carbons (Fsp3) is 0.333. The highest BCUT2D eigenvalue weighted by molar-refractivity contribution is 7.85. The van der Waals surface area contributed by atoms with Crippen LogP contribution in [0.2, 0.25) is 0 Å². The topological polar surface area (TPSA) is 144 Å². The SMILES string of the molecule is CC(=O)OS(=O)(=O)NC1CCCc2c(-c3noc(-c4cccc(OC(C)C)c4C#N)n3)cccc21. The van der Waals surface area contributed by atoms with E-state index in [1.807, 2.05) is 26.0 Å². The molecule has 0 saturated carbocycles.